The van der Waals surface area contributed by atoms with Crippen LogP contribution in [0.1, 0.15) is 31.7 Å². The van der Waals surface area contributed by atoms with Crippen LogP contribution in [-0.2, 0) is 14.8 Å². The summed E-state index contributed by atoms with van der Waals surface area (Å²) < 4.78 is 32.1. The van der Waals surface area contributed by atoms with Gasteiger partial charge in [0.15, 0.2) is 0 Å². The van der Waals surface area contributed by atoms with Crippen LogP contribution in [0.25, 0.3) is 0 Å². The highest BCUT2D eigenvalue weighted by Gasteiger charge is 2.14. The standard InChI is InChI=1S/C14H24N2O3S/c1-3-4-7-19-8-5-6-16-20(17,18)14-10-12(2)9-13(15)11-14/h9-11,16H,3-8,15H2,1-2H3. The van der Waals surface area contributed by atoms with Gasteiger partial charge in [-0.15, -0.1) is 0 Å². The van der Waals surface area contributed by atoms with E-state index >= 15 is 0 Å². The van der Waals surface area contributed by atoms with Gasteiger partial charge in [-0.3, -0.25) is 0 Å². The number of ether oxygens (including phenoxy) is 1. The molecule has 1 rings (SSSR count). The Morgan fingerprint density at radius 3 is 2.55 bits per heavy atom. The summed E-state index contributed by atoms with van der Waals surface area (Å²) in [6.07, 6.45) is 2.79. The molecule has 0 amide bonds. The fraction of sp³-hybridized carbons (Fsp3) is 0.571. The van der Waals surface area contributed by atoms with E-state index in [1.165, 1.54) is 6.07 Å². The van der Waals surface area contributed by atoms with E-state index in [1.807, 2.05) is 6.92 Å². The lowest BCUT2D eigenvalue weighted by atomic mass is 10.2. The van der Waals surface area contributed by atoms with Crippen molar-refractivity contribution in [2.75, 3.05) is 25.5 Å². The second-order valence-corrected chi connectivity index (χ2v) is 6.56. The number of nitrogens with one attached hydrogen (secondary N) is 1. The first-order chi connectivity index (χ1) is 9.45. The predicted molar refractivity (Wildman–Crippen MR) is 81.1 cm³/mol. The van der Waals surface area contributed by atoms with Crippen LogP contribution in [0.5, 0.6) is 0 Å². The van der Waals surface area contributed by atoms with Gasteiger partial charge < -0.3 is 10.5 Å². The lowest BCUT2D eigenvalue weighted by Gasteiger charge is -2.09. The van der Waals surface area contributed by atoms with Crippen LogP contribution >= 0.6 is 0 Å². The Morgan fingerprint density at radius 1 is 1.20 bits per heavy atom. The SMILES string of the molecule is CCCCOCCCNS(=O)(=O)c1cc(C)cc(N)c1. The van der Waals surface area contributed by atoms with Crippen LogP contribution in [-0.4, -0.2) is 28.2 Å². The maximum absolute atomic E-state index is 12.1. The molecule has 5 nitrogen and oxygen atoms in total. The van der Waals surface area contributed by atoms with Crippen LogP contribution in [0.15, 0.2) is 23.1 Å². The van der Waals surface area contributed by atoms with Crippen molar-refractivity contribution in [3.8, 4) is 0 Å². The lowest BCUT2D eigenvalue weighted by Crippen LogP contribution is -2.25. The fourth-order valence-electron chi connectivity index (χ4n) is 1.74. The summed E-state index contributed by atoms with van der Waals surface area (Å²) in [6, 6.07) is 4.81. The Bertz CT molecular complexity index is 495. The normalized spacial score (nSPS) is 11.7. The van der Waals surface area contributed by atoms with Crippen molar-refractivity contribution in [3.05, 3.63) is 23.8 Å². The van der Waals surface area contributed by atoms with Gasteiger partial charge in [0.1, 0.15) is 0 Å². The van der Waals surface area contributed by atoms with Crippen molar-refractivity contribution in [2.45, 2.75) is 38.0 Å². The molecule has 114 valence electrons. The van der Waals surface area contributed by atoms with E-state index < -0.39 is 10.0 Å². The van der Waals surface area contributed by atoms with Gasteiger partial charge in [0, 0.05) is 25.4 Å². The zero-order chi connectivity index (χ0) is 15.0. The first-order valence-electron chi connectivity index (χ1n) is 6.90. The van der Waals surface area contributed by atoms with Crippen LogP contribution < -0.4 is 10.5 Å². The Labute approximate surface area is 121 Å². The van der Waals surface area contributed by atoms with Crippen molar-refractivity contribution in [1.29, 1.82) is 0 Å². The molecule has 0 unspecified atom stereocenters. The number of rotatable bonds is 9. The molecule has 0 atom stereocenters. The number of aryl methyl sites for hydroxylation is 1. The molecule has 3 N–H and O–H groups in total. The highest BCUT2D eigenvalue weighted by atomic mass is 32.2. The van der Waals surface area contributed by atoms with Gasteiger partial charge in [-0.05, 0) is 43.5 Å². The number of sulfonamides is 1. The zero-order valence-electron chi connectivity index (χ0n) is 12.2. The predicted octanol–water partition coefficient (Wildman–Crippen LogP) is 2.06. The molecular weight excluding hydrogens is 276 g/mol. The Morgan fingerprint density at radius 2 is 1.90 bits per heavy atom. The van der Waals surface area contributed by atoms with Crippen molar-refractivity contribution < 1.29 is 13.2 Å². The van der Waals surface area contributed by atoms with Gasteiger partial charge in [0.25, 0.3) is 0 Å². The largest absolute Gasteiger partial charge is 0.399 e. The monoisotopic (exact) mass is 300 g/mol. The summed E-state index contributed by atoms with van der Waals surface area (Å²) in [5.41, 5.74) is 6.95. The Balaban J connectivity index is 2.42. The average molecular weight is 300 g/mol. The van der Waals surface area contributed by atoms with Crippen molar-refractivity contribution in [2.24, 2.45) is 0 Å². The molecular formula is C14H24N2O3S. The van der Waals surface area contributed by atoms with E-state index in [0.29, 0.717) is 25.3 Å². The maximum atomic E-state index is 12.1. The number of anilines is 1. The van der Waals surface area contributed by atoms with Crippen molar-refractivity contribution >= 4 is 15.7 Å². The summed E-state index contributed by atoms with van der Waals surface area (Å²) in [5, 5.41) is 0. The summed E-state index contributed by atoms with van der Waals surface area (Å²) >= 11 is 0. The molecule has 1 aromatic carbocycles. The molecule has 6 heteroatoms. The minimum absolute atomic E-state index is 0.210. The quantitative estimate of drug-likeness (QED) is 0.540. The number of unbranched alkanes of at least 4 members (excludes halogenated alkanes) is 1. The molecule has 0 aliphatic carbocycles. The number of hydrogen-bond acceptors (Lipinski definition) is 4. The van der Waals surface area contributed by atoms with E-state index in [9.17, 15) is 8.42 Å². The van der Waals surface area contributed by atoms with E-state index in [2.05, 4.69) is 11.6 Å². The highest BCUT2D eigenvalue weighted by Crippen LogP contribution is 2.15. The first kappa shape index (κ1) is 16.9. The third kappa shape index (κ3) is 5.90. The summed E-state index contributed by atoms with van der Waals surface area (Å²) in [5.74, 6) is 0. The van der Waals surface area contributed by atoms with E-state index in [4.69, 9.17) is 10.5 Å². The molecule has 0 saturated carbocycles. The second kappa shape index (κ2) is 8.24. The first-order valence-corrected chi connectivity index (χ1v) is 8.38. The van der Waals surface area contributed by atoms with Gasteiger partial charge >= 0.3 is 0 Å². The molecule has 0 aromatic heterocycles. The lowest BCUT2D eigenvalue weighted by molar-refractivity contribution is 0.130. The number of hydrogen-bond donors (Lipinski definition) is 2. The molecule has 0 radical (unpaired) electrons. The second-order valence-electron chi connectivity index (χ2n) is 4.80. The van der Waals surface area contributed by atoms with Crippen LogP contribution in [0, 0.1) is 6.92 Å². The molecule has 0 bridgehead atoms. The third-order valence-corrected chi connectivity index (χ3v) is 4.22. The fourth-order valence-corrected chi connectivity index (χ4v) is 2.96. The molecule has 0 spiro atoms. The van der Waals surface area contributed by atoms with Crippen molar-refractivity contribution in [1.82, 2.24) is 4.72 Å². The average Bonchev–Trinajstić information content (AvgIpc) is 2.36. The third-order valence-electron chi connectivity index (χ3n) is 2.78. The number of benzene rings is 1. The van der Waals surface area contributed by atoms with E-state index in [-0.39, 0.29) is 4.90 Å². The van der Waals surface area contributed by atoms with Crippen molar-refractivity contribution in [3.63, 3.8) is 0 Å². The molecule has 0 fully saturated rings. The molecule has 1 aromatic rings. The van der Waals surface area contributed by atoms with Gasteiger partial charge in [-0.25, -0.2) is 13.1 Å². The van der Waals surface area contributed by atoms with Crippen LogP contribution in [0.4, 0.5) is 5.69 Å². The summed E-state index contributed by atoms with van der Waals surface area (Å²) in [6.45, 7) is 5.58. The molecule has 0 saturated heterocycles. The number of nitrogens with two attached hydrogens (primary N) is 1. The molecule has 0 aliphatic heterocycles. The van der Waals surface area contributed by atoms with Crippen LogP contribution in [0.2, 0.25) is 0 Å². The topological polar surface area (TPSA) is 81.4 Å². The van der Waals surface area contributed by atoms with Gasteiger partial charge in [-0.2, -0.15) is 0 Å². The Hall–Kier alpha value is -1.11. The van der Waals surface area contributed by atoms with E-state index in [0.717, 1.165) is 25.0 Å². The molecule has 20 heavy (non-hydrogen) atoms. The van der Waals surface area contributed by atoms with Gasteiger partial charge in [0.05, 0.1) is 4.90 Å². The number of nitrogen functional groups attached to an aromatic ring is 1. The molecule has 0 aliphatic rings. The summed E-state index contributed by atoms with van der Waals surface area (Å²) in [7, 11) is -3.49. The van der Waals surface area contributed by atoms with Gasteiger partial charge in [0.2, 0.25) is 10.0 Å². The minimum Gasteiger partial charge on any atom is -0.399 e. The zero-order valence-corrected chi connectivity index (χ0v) is 13.0. The van der Waals surface area contributed by atoms with Gasteiger partial charge in [-0.1, -0.05) is 13.3 Å². The Kier molecular flexibility index (Phi) is 6.98. The molecule has 0 heterocycles. The minimum atomic E-state index is -3.49. The highest BCUT2D eigenvalue weighted by molar-refractivity contribution is 7.89. The summed E-state index contributed by atoms with van der Waals surface area (Å²) in [4.78, 5) is 0.210. The van der Waals surface area contributed by atoms with Crippen LogP contribution in [0.3, 0.4) is 0 Å². The maximum Gasteiger partial charge on any atom is 0.240 e. The van der Waals surface area contributed by atoms with E-state index in [1.54, 1.807) is 12.1 Å². The smallest absolute Gasteiger partial charge is 0.240 e.